The number of hydrogen-bond donors (Lipinski definition) is 4. The van der Waals surface area contributed by atoms with E-state index in [0.717, 1.165) is 5.69 Å². The van der Waals surface area contributed by atoms with E-state index in [1.54, 1.807) is 0 Å². The van der Waals surface area contributed by atoms with Crippen LogP contribution in [-0.2, 0) is 0 Å². The van der Waals surface area contributed by atoms with Crippen molar-refractivity contribution < 1.29 is 0 Å². The van der Waals surface area contributed by atoms with Crippen molar-refractivity contribution in [2.24, 2.45) is 0 Å². The zero-order chi connectivity index (χ0) is 12.4. The molecule has 0 aliphatic rings. The summed E-state index contributed by atoms with van der Waals surface area (Å²) >= 11 is 4.26. The van der Waals surface area contributed by atoms with Gasteiger partial charge in [-0.05, 0) is 19.1 Å². The Morgan fingerprint density at radius 2 is 2.18 bits per heavy atom. The van der Waals surface area contributed by atoms with E-state index in [0.29, 0.717) is 16.5 Å². The zero-order valence-electron chi connectivity index (χ0n) is 9.06. The first-order valence-electron chi connectivity index (χ1n) is 4.85. The molecule has 0 radical (unpaired) electrons. The van der Waals surface area contributed by atoms with E-state index in [2.05, 4.69) is 32.9 Å². The van der Waals surface area contributed by atoms with Crippen LogP contribution >= 0.6 is 12.6 Å². The maximum atomic E-state index is 11.2. The summed E-state index contributed by atoms with van der Waals surface area (Å²) in [5.74, 6) is 0.916. The molecule has 2 aromatic heterocycles. The van der Waals surface area contributed by atoms with E-state index in [9.17, 15) is 4.79 Å². The number of anilines is 3. The monoisotopic (exact) mass is 249 g/mol. The number of aromatic nitrogens is 3. The first-order valence-corrected chi connectivity index (χ1v) is 5.30. The summed E-state index contributed by atoms with van der Waals surface area (Å²) in [4.78, 5) is 22.4. The number of H-pyrrole nitrogens is 1. The van der Waals surface area contributed by atoms with Crippen LogP contribution in [0.15, 0.2) is 27.9 Å². The Kier molecular flexibility index (Phi) is 3.01. The van der Waals surface area contributed by atoms with Gasteiger partial charge < -0.3 is 11.1 Å². The molecule has 7 heteroatoms. The van der Waals surface area contributed by atoms with Crippen LogP contribution in [0.1, 0.15) is 5.69 Å². The van der Waals surface area contributed by atoms with Crippen LogP contribution in [0.2, 0.25) is 0 Å². The van der Waals surface area contributed by atoms with E-state index in [1.165, 1.54) is 6.07 Å². The molecule has 2 aromatic rings. The number of nitrogen functional groups attached to an aromatic ring is 1. The molecule has 2 rings (SSSR count). The number of thiol groups is 1. The van der Waals surface area contributed by atoms with Crippen molar-refractivity contribution >= 4 is 30.2 Å². The first-order chi connectivity index (χ1) is 8.04. The summed E-state index contributed by atoms with van der Waals surface area (Å²) in [6, 6.07) is 4.95. The molecule has 2 heterocycles. The summed E-state index contributed by atoms with van der Waals surface area (Å²) < 4.78 is 0. The van der Waals surface area contributed by atoms with Gasteiger partial charge in [-0.3, -0.25) is 9.78 Å². The summed E-state index contributed by atoms with van der Waals surface area (Å²) in [5, 5.41) is 2.90. The summed E-state index contributed by atoms with van der Waals surface area (Å²) in [6.45, 7) is 1.86. The Labute approximate surface area is 103 Å². The standard InChI is InChI=1S/C10H11N5OS/c1-5-2-3-6(17)9(12-5)13-7-4-8(16)15-10(11)14-7/h2-4,17H,1H3,(H4,11,12,13,14,15,16). The number of nitrogens with one attached hydrogen (secondary N) is 2. The molecule has 0 bridgehead atoms. The van der Waals surface area contributed by atoms with Crippen LogP contribution in [0.25, 0.3) is 0 Å². The van der Waals surface area contributed by atoms with Gasteiger partial charge in [-0.1, -0.05) is 0 Å². The summed E-state index contributed by atoms with van der Waals surface area (Å²) in [5.41, 5.74) is 5.95. The smallest absolute Gasteiger partial charge is 0.254 e. The van der Waals surface area contributed by atoms with Gasteiger partial charge in [0.05, 0.1) is 0 Å². The molecule has 0 saturated heterocycles. The number of aryl methyl sites for hydroxylation is 1. The SMILES string of the molecule is Cc1ccc(S)c(Nc2cc(=O)[nH]c(N)n2)n1. The van der Waals surface area contributed by atoms with Crippen molar-refractivity contribution in [2.45, 2.75) is 11.8 Å². The third-order valence-electron chi connectivity index (χ3n) is 2.02. The molecule has 17 heavy (non-hydrogen) atoms. The summed E-state index contributed by atoms with van der Waals surface area (Å²) in [7, 11) is 0. The second-order valence-electron chi connectivity index (χ2n) is 3.46. The topological polar surface area (TPSA) is 96.7 Å². The minimum atomic E-state index is -0.326. The third kappa shape index (κ3) is 2.76. The fraction of sp³-hybridized carbons (Fsp3) is 0.100. The molecule has 0 unspecified atom stereocenters. The number of rotatable bonds is 2. The lowest BCUT2D eigenvalue weighted by atomic mass is 10.3. The quantitative estimate of drug-likeness (QED) is 0.597. The molecule has 0 fully saturated rings. The molecule has 0 amide bonds. The molecular weight excluding hydrogens is 238 g/mol. The van der Waals surface area contributed by atoms with Crippen LogP contribution in [0.3, 0.4) is 0 Å². The van der Waals surface area contributed by atoms with Crippen molar-refractivity contribution in [1.82, 2.24) is 15.0 Å². The van der Waals surface area contributed by atoms with Crippen LogP contribution in [-0.4, -0.2) is 15.0 Å². The van der Waals surface area contributed by atoms with Gasteiger partial charge in [0.1, 0.15) is 11.6 Å². The Hall–Kier alpha value is -2.02. The Balaban J connectivity index is 2.37. The maximum Gasteiger partial charge on any atom is 0.254 e. The minimum absolute atomic E-state index is 0.0494. The van der Waals surface area contributed by atoms with Crippen LogP contribution < -0.4 is 16.6 Å². The fourth-order valence-electron chi connectivity index (χ4n) is 1.30. The minimum Gasteiger partial charge on any atom is -0.369 e. The highest BCUT2D eigenvalue weighted by molar-refractivity contribution is 7.80. The first kappa shape index (κ1) is 11.5. The molecule has 6 nitrogen and oxygen atoms in total. The number of pyridine rings is 1. The molecule has 0 spiro atoms. The fourth-order valence-corrected chi connectivity index (χ4v) is 1.48. The van der Waals surface area contributed by atoms with Gasteiger partial charge in [0.25, 0.3) is 5.56 Å². The Bertz CT molecular complexity index is 610. The van der Waals surface area contributed by atoms with Crippen molar-refractivity contribution in [3.8, 4) is 0 Å². The molecule has 88 valence electrons. The number of aromatic amines is 1. The third-order valence-corrected chi connectivity index (χ3v) is 2.38. The van der Waals surface area contributed by atoms with Gasteiger partial charge in [-0.2, -0.15) is 4.98 Å². The van der Waals surface area contributed by atoms with Gasteiger partial charge in [-0.25, -0.2) is 4.98 Å². The van der Waals surface area contributed by atoms with E-state index in [1.807, 2.05) is 19.1 Å². The van der Waals surface area contributed by atoms with E-state index in [-0.39, 0.29) is 11.5 Å². The lowest BCUT2D eigenvalue weighted by Crippen LogP contribution is -2.12. The van der Waals surface area contributed by atoms with E-state index >= 15 is 0 Å². The van der Waals surface area contributed by atoms with Crippen LogP contribution in [0, 0.1) is 6.92 Å². The number of nitrogens with zero attached hydrogens (tertiary/aromatic N) is 2. The molecular formula is C10H11N5OS. The Morgan fingerprint density at radius 1 is 1.41 bits per heavy atom. The summed E-state index contributed by atoms with van der Waals surface area (Å²) in [6.07, 6.45) is 0. The van der Waals surface area contributed by atoms with Gasteiger partial charge in [0, 0.05) is 16.7 Å². The largest absolute Gasteiger partial charge is 0.369 e. The highest BCUT2D eigenvalue weighted by Gasteiger charge is 2.04. The van der Waals surface area contributed by atoms with Gasteiger partial charge in [0.2, 0.25) is 5.95 Å². The molecule has 0 atom stereocenters. The molecule has 0 aliphatic carbocycles. The highest BCUT2D eigenvalue weighted by Crippen LogP contribution is 2.20. The molecule has 4 N–H and O–H groups in total. The highest BCUT2D eigenvalue weighted by atomic mass is 32.1. The lowest BCUT2D eigenvalue weighted by molar-refractivity contribution is 1.11. The zero-order valence-corrected chi connectivity index (χ0v) is 9.95. The second kappa shape index (κ2) is 4.46. The van der Waals surface area contributed by atoms with Crippen molar-refractivity contribution in [2.75, 3.05) is 11.1 Å². The molecule has 0 saturated carbocycles. The van der Waals surface area contributed by atoms with E-state index < -0.39 is 0 Å². The predicted octanol–water partition coefficient (Wildman–Crippen LogP) is 1.09. The predicted molar refractivity (Wildman–Crippen MR) is 68.8 cm³/mol. The van der Waals surface area contributed by atoms with E-state index in [4.69, 9.17) is 5.73 Å². The van der Waals surface area contributed by atoms with Crippen molar-refractivity contribution in [3.05, 3.63) is 34.2 Å². The Morgan fingerprint density at radius 3 is 2.88 bits per heavy atom. The van der Waals surface area contributed by atoms with Gasteiger partial charge in [-0.15, -0.1) is 12.6 Å². The molecule has 0 aromatic carbocycles. The average molecular weight is 249 g/mol. The second-order valence-corrected chi connectivity index (χ2v) is 3.94. The number of hydrogen-bond acceptors (Lipinski definition) is 6. The van der Waals surface area contributed by atoms with Crippen LogP contribution in [0.5, 0.6) is 0 Å². The van der Waals surface area contributed by atoms with Crippen molar-refractivity contribution in [3.63, 3.8) is 0 Å². The average Bonchev–Trinajstić information content (AvgIpc) is 2.22. The normalized spacial score (nSPS) is 10.2. The molecule has 0 aliphatic heterocycles. The lowest BCUT2D eigenvalue weighted by Gasteiger charge is -2.07. The maximum absolute atomic E-state index is 11.2. The number of nitrogens with two attached hydrogens (primary N) is 1. The van der Waals surface area contributed by atoms with Crippen molar-refractivity contribution in [1.29, 1.82) is 0 Å². The van der Waals surface area contributed by atoms with Crippen LogP contribution in [0.4, 0.5) is 17.6 Å². The van der Waals surface area contributed by atoms with Gasteiger partial charge >= 0.3 is 0 Å². The van der Waals surface area contributed by atoms with Gasteiger partial charge in [0.15, 0.2) is 0 Å².